The largest absolute Gasteiger partial charge is 0.369 e. The average molecular weight is 291 g/mol. The third-order valence-corrected chi connectivity index (χ3v) is 3.67. The Morgan fingerprint density at radius 1 is 1.23 bits per heavy atom. The number of rotatable bonds is 3. The number of hydrogen-bond donors (Lipinski definition) is 3. The van der Waals surface area contributed by atoms with Crippen molar-refractivity contribution in [3.8, 4) is 0 Å². The Morgan fingerprint density at radius 2 is 2.05 bits per heavy atom. The van der Waals surface area contributed by atoms with Crippen LogP contribution in [-0.2, 0) is 0 Å². The van der Waals surface area contributed by atoms with E-state index in [9.17, 15) is 5.11 Å². The molecule has 0 saturated heterocycles. The summed E-state index contributed by atoms with van der Waals surface area (Å²) < 4.78 is 0. The van der Waals surface area contributed by atoms with Crippen molar-refractivity contribution in [3.63, 3.8) is 0 Å². The van der Waals surface area contributed by atoms with Crippen molar-refractivity contribution < 1.29 is 5.11 Å². The molecule has 0 aromatic heterocycles. The van der Waals surface area contributed by atoms with Gasteiger partial charge < -0.3 is 15.8 Å². The topological polar surface area (TPSA) is 68.5 Å². The number of nitrogens with zero attached hydrogens (tertiary/aromatic N) is 1. The first-order valence-electron chi connectivity index (χ1n) is 7.08. The van der Waals surface area contributed by atoms with Gasteiger partial charge >= 0.3 is 0 Å². The summed E-state index contributed by atoms with van der Waals surface area (Å²) in [5, 5.41) is 20.3. The van der Waals surface area contributed by atoms with Gasteiger partial charge in [-0.05, 0) is 36.3 Å². The van der Waals surface area contributed by atoms with Gasteiger partial charge in [-0.1, -0.05) is 30.3 Å². The van der Waals surface area contributed by atoms with Crippen LogP contribution in [0.2, 0.25) is 0 Å². The molecule has 4 heteroatoms. The van der Waals surface area contributed by atoms with E-state index in [1.165, 1.54) is 6.21 Å². The van der Waals surface area contributed by atoms with E-state index >= 15 is 0 Å². The molecule has 0 spiro atoms. The SMILES string of the molecule is Cc1ccc(C=C2c3ccccc3NC2O)cc1N=CC=N. The van der Waals surface area contributed by atoms with Gasteiger partial charge in [0, 0.05) is 29.3 Å². The molecule has 2 aromatic carbocycles. The van der Waals surface area contributed by atoms with Gasteiger partial charge in [-0.2, -0.15) is 0 Å². The van der Waals surface area contributed by atoms with E-state index < -0.39 is 6.23 Å². The molecule has 0 fully saturated rings. The van der Waals surface area contributed by atoms with E-state index in [0.29, 0.717) is 0 Å². The van der Waals surface area contributed by atoms with Crippen LogP contribution in [-0.4, -0.2) is 23.8 Å². The van der Waals surface area contributed by atoms with Crippen LogP contribution in [0.3, 0.4) is 0 Å². The Hall–Kier alpha value is -2.72. The molecule has 0 radical (unpaired) electrons. The quantitative estimate of drug-likeness (QED) is 0.756. The van der Waals surface area contributed by atoms with Gasteiger partial charge in [-0.15, -0.1) is 0 Å². The van der Waals surface area contributed by atoms with Crippen LogP contribution in [0.1, 0.15) is 16.7 Å². The second-order valence-electron chi connectivity index (χ2n) is 5.18. The molecule has 22 heavy (non-hydrogen) atoms. The summed E-state index contributed by atoms with van der Waals surface area (Å²) in [7, 11) is 0. The van der Waals surface area contributed by atoms with Crippen LogP contribution >= 0.6 is 0 Å². The predicted molar refractivity (Wildman–Crippen MR) is 92.1 cm³/mol. The molecule has 3 N–H and O–H groups in total. The number of aryl methyl sites for hydroxylation is 1. The van der Waals surface area contributed by atoms with Gasteiger partial charge in [0.25, 0.3) is 0 Å². The lowest BCUT2D eigenvalue weighted by Gasteiger charge is -2.07. The third-order valence-electron chi connectivity index (χ3n) is 3.67. The monoisotopic (exact) mass is 291 g/mol. The van der Waals surface area contributed by atoms with Gasteiger partial charge in [-0.25, -0.2) is 0 Å². The number of fused-ring (bicyclic) bond motifs is 1. The van der Waals surface area contributed by atoms with E-state index in [1.807, 2.05) is 55.5 Å². The molecule has 1 unspecified atom stereocenters. The van der Waals surface area contributed by atoms with Crippen molar-refractivity contribution in [1.82, 2.24) is 0 Å². The summed E-state index contributed by atoms with van der Waals surface area (Å²) in [6.45, 7) is 1.98. The highest BCUT2D eigenvalue weighted by Crippen LogP contribution is 2.35. The van der Waals surface area contributed by atoms with E-state index in [1.54, 1.807) is 0 Å². The maximum absolute atomic E-state index is 10.2. The fourth-order valence-electron chi connectivity index (χ4n) is 2.54. The van der Waals surface area contributed by atoms with E-state index in [2.05, 4.69) is 10.3 Å². The minimum Gasteiger partial charge on any atom is -0.369 e. The summed E-state index contributed by atoms with van der Waals surface area (Å²) in [5.41, 5.74) is 5.64. The number of para-hydroxylation sites is 1. The van der Waals surface area contributed by atoms with Crippen molar-refractivity contribution in [2.45, 2.75) is 13.2 Å². The number of aliphatic hydroxyl groups excluding tert-OH is 1. The molecule has 0 bridgehead atoms. The maximum Gasteiger partial charge on any atom is 0.151 e. The van der Waals surface area contributed by atoms with Crippen LogP contribution in [0.25, 0.3) is 11.6 Å². The van der Waals surface area contributed by atoms with Gasteiger partial charge in [0.15, 0.2) is 6.23 Å². The normalized spacial score (nSPS) is 18.5. The van der Waals surface area contributed by atoms with Crippen LogP contribution < -0.4 is 5.32 Å². The summed E-state index contributed by atoms with van der Waals surface area (Å²) in [6, 6.07) is 13.8. The molecule has 1 heterocycles. The molecule has 110 valence electrons. The average Bonchev–Trinajstić information content (AvgIpc) is 2.84. The van der Waals surface area contributed by atoms with Gasteiger partial charge in [0.05, 0.1) is 5.69 Å². The second kappa shape index (κ2) is 5.95. The molecule has 1 atom stereocenters. The number of hydrogen-bond acceptors (Lipinski definition) is 4. The first kappa shape index (κ1) is 14.2. The molecule has 4 nitrogen and oxygen atoms in total. The van der Waals surface area contributed by atoms with Crippen molar-refractivity contribution in [2.24, 2.45) is 4.99 Å². The minimum atomic E-state index is -0.702. The first-order chi connectivity index (χ1) is 10.7. The summed E-state index contributed by atoms with van der Waals surface area (Å²) in [5.74, 6) is 0. The molecular weight excluding hydrogens is 274 g/mol. The maximum atomic E-state index is 10.2. The lowest BCUT2D eigenvalue weighted by Crippen LogP contribution is -2.12. The van der Waals surface area contributed by atoms with E-state index in [0.717, 1.165) is 39.9 Å². The number of aliphatic hydroxyl groups is 1. The Morgan fingerprint density at radius 3 is 2.86 bits per heavy atom. The zero-order chi connectivity index (χ0) is 15.5. The van der Waals surface area contributed by atoms with Crippen LogP contribution in [0.15, 0.2) is 47.5 Å². The number of aliphatic imine (C=N–C) groups is 1. The smallest absolute Gasteiger partial charge is 0.151 e. The molecule has 1 aliphatic heterocycles. The summed E-state index contributed by atoms with van der Waals surface area (Å²) in [4.78, 5) is 4.25. The zero-order valence-corrected chi connectivity index (χ0v) is 12.2. The predicted octanol–water partition coefficient (Wildman–Crippen LogP) is 3.63. The lowest BCUT2D eigenvalue weighted by atomic mass is 10.0. The second-order valence-corrected chi connectivity index (χ2v) is 5.18. The Bertz CT molecular complexity index is 778. The molecule has 2 aromatic rings. The highest BCUT2D eigenvalue weighted by molar-refractivity contribution is 6.15. The Kier molecular flexibility index (Phi) is 3.85. The lowest BCUT2D eigenvalue weighted by molar-refractivity contribution is 0.266. The Balaban J connectivity index is 2.02. The number of nitrogens with one attached hydrogen (secondary N) is 2. The van der Waals surface area contributed by atoms with Gasteiger partial charge in [0.2, 0.25) is 0 Å². The molecule has 0 aliphatic carbocycles. The third kappa shape index (κ3) is 2.69. The zero-order valence-electron chi connectivity index (χ0n) is 12.2. The molecular formula is C18H17N3O. The van der Waals surface area contributed by atoms with E-state index in [4.69, 9.17) is 5.41 Å². The summed E-state index contributed by atoms with van der Waals surface area (Å²) >= 11 is 0. The summed E-state index contributed by atoms with van der Waals surface area (Å²) in [6.07, 6.45) is 3.88. The molecule has 3 rings (SSSR count). The van der Waals surface area contributed by atoms with Gasteiger partial charge in [0.1, 0.15) is 0 Å². The van der Waals surface area contributed by atoms with Gasteiger partial charge in [-0.3, -0.25) is 4.99 Å². The van der Waals surface area contributed by atoms with Crippen molar-refractivity contribution in [3.05, 3.63) is 59.2 Å². The first-order valence-corrected chi connectivity index (χ1v) is 7.08. The fourth-order valence-corrected chi connectivity index (χ4v) is 2.54. The highest BCUT2D eigenvalue weighted by Gasteiger charge is 2.23. The van der Waals surface area contributed by atoms with Crippen LogP contribution in [0.5, 0.6) is 0 Å². The molecule has 0 amide bonds. The highest BCUT2D eigenvalue weighted by atomic mass is 16.3. The Labute approximate surface area is 129 Å². The number of anilines is 1. The minimum absolute atomic E-state index is 0.702. The van der Waals surface area contributed by atoms with Crippen LogP contribution in [0, 0.1) is 12.3 Å². The van der Waals surface area contributed by atoms with Crippen molar-refractivity contribution in [1.29, 1.82) is 5.41 Å². The van der Waals surface area contributed by atoms with Crippen molar-refractivity contribution in [2.75, 3.05) is 5.32 Å². The van der Waals surface area contributed by atoms with E-state index in [-0.39, 0.29) is 0 Å². The molecule has 0 saturated carbocycles. The van der Waals surface area contributed by atoms with Crippen molar-refractivity contribution >= 4 is 35.5 Å². The fraction of sp³-hybridized carbons (Fsp3) is 0.111. The molecule has 1 aliphatic rings. The van der Waals surface area contributed by atoms with Crippen LogP contribution in [0.4, 0.5) is 11.4 Å². The standard InChI is InChI=1S/C18H17N3O/c1-12-6-7-13(11-17(12)20-9-8-19)10-15-14-4-2-3-5-16(14)21-18(15)22/h2-11,18-19,21-22H,1H3. The number of benzene rings is 2.